The van der Waals surface area contributed by atoms with Gasteiger partial charge in [0.05, 0.1) is 18.6 Å². The highest BCUT2D eigenvalue weighted by molar-refractivity contribution is 5.97. The molecule has 1 saturated heterocycles. The van der Waals surface area contributed by atoms with Gasteiger partial charge in [-0.05, 0) is 63.6 Å². The Hall–Kier alpha value is -6.03. The highest BCUT2D eigenvalue weighted by Gasteiger charge is 2.38. The number of unbranched alkanes of at least 4 members (excludes halogenated alkanes) is 9. The fourth-order valence-electron chi connectivity index (χ4n) is 7.38. The standard InChI is InChI=1S/C46H76N10O12/c1-26(2)37-42(64)53-34(24-30-17-19-31(58)20-18-30)41(63)56-38(28(4)57)43(65)52-33(21-22-35(47)60)40(62)51-27(3)45(67)68-29(5)39(44(66)55-37)54-36(61)25-32(59)16-14-12-10-8-6-7-9-11-13-15-23-50-46(48)49/h17-20,26-29,32-34,37-39,57-59H,6-16,21-25H2,1-5H3,(H2,47,60)(H,51,62)(H,52,65)(H,53,64)(H,54,61)(H,55,66)(H,56,63)(H4,48,49,50)/t27-,28-,29?,32?,33-,34?,37?,38-,39?/m1/s1. The van der Waals surface area contributed by atoms with Gasteiger partial charge in [-0.25, -0.2) is 4.79 Å². The summed E-state index contributed by atoms with van der Waals surface area (Å²) < 4.78 is 5.58. The number of cyclic esters (lactones) is 1. The van der Waals surface area contributed by atoms with Crippen molar-refractivity contribution in [2.45, 2.75) is 185 Å². The molecular formula is C46H76N10O12. The third-order valence-corrected chi connectivity index (χ3v) is 11.4. The van der Waals surface area contributed by atoms with E-state index in [0.29, 0.717) is 24.9 Å². The molecule has 0 radical (unpaired) electrons. The van der Waals surface area contributed by atoms with Gasteiger partial charge in [0.15, 0.2) is 5.96 Å². The van der Waals surface area contributed by atoms with Crippen LogP contribution in [0.15, 0.2) is 29.3 Å². The molecule has 9 atom stereocenters. The van der Waals surface area contributed by atoms with Crippen LogP contribution >= 0.6 is 0 Å². The van der Waals surface area contributed by atoms with E-state index in [1.54, 1.807) is 13.8 Å². The SMILES string of the molecule is CC(C)C1NC(=O)C(NC(=O)CC(O)CCCCCCCCCCCCN=C(N)N)C(C)OC(=O)[C@@H](C)NC(=O)[C@@H](CCC(N)=O)NC(=O)[C@@H]([C@@H](C)O)NC(=O)C(Cc2ccc(O)cc2)NC1=O. The predicted octanol–water partition coefficient (Wildman–Crippen LogP) is -0.574. The first-order valence-electron chi connectivity index (χ1n) is 23.6. The Kier molecular flexibility index (Phi) is 25.9. The fourth-order valence-corrected chi connectivity index (χ4v) is 7.38. The van der Waals surface area contributed by atoms with Crippen LogP contribution in [0, 0.1) is 5.92 Å². The lowest BCUT2D eigenvalue weighted by atomic mass is 9.99. The minimum absolute atomic E-state index is 0.0747. The third-order valence-electron chi connectivity index (χ3n) is 11.4. The van der Waals surface area contributed by atoms with Crippen molar-refractivity contribution in [3.63, 3.8) is 0 Å². The Morgan fingerprint density at radius 2 is 1.24 bits per heavy atom. The van der Waals surface area contributed by atoms with E-state index < -0.39 is 121 Å². The number of phenols is 1. The zero-order chi connectivity index (χ0) is 50.9. The maximum absolute atomic E-state index is 14.1. The Bertz CT molecular complexity index is 1840. The zero-order valence-electron chi connectivity index (χ0n) is 40.1. The van der Waals surface area contributed by atoms with E-state index in [2.05, 4.69) is 36.9 Å². The maximum Gasteiger partial charge on any atom is 0.328 e. The number of aromatic hydroxyl groups is 1. The minimum atomic E-state index is -1.72. The van der Waals surface area contributed by atoms with Gasteiger partial charge in [0.1, 0.15) is 48.1 Å². The summed E-state index contributed by atoms with van der Waals surface area (Å²) in [7, 11) is 0. The number of ether oxygens (including phenoxy) is 1. The average Bonchev–Trinajstić information content (AvgIpc) is 3.26. The second-order valence-electron chi connectivity index (χ2n) is 17.9. The molecule has 0 aromatic heterocycles. The van der Waals surface area contributed by atoms with Gasteiger partial charge in [0, 0.05) is 19.4 Å². The van der Waals surface area contributed by atoms with Crippen LogP contribution in [0.5, 0.6) is 5.75 Å². The molecule has 15 N–H and O–H groups in total. The number of primary amides is 1. The number of nitrogens with two attached hydrogens (primary N) is 3. The number of carbonyl (C=O) groups excluding carboxylic acids is 8. The number of aliphatic hydroxyl groups is 2. The number of benzene rings is 1. The van der Waals surface area contributed by atoms with Gasteiger partial charge in [0.2, 0.25) is 41.4 Å². The molecule has 0 saturated carbocycles. The fraction of sp³-hybridized carbons (Fsp3) is 0.674. The molecule has 22 nitrogen and oxygen atoms in total. The number of esters is 1. The Balaban J connectivity index is 2.33. The van der Waals surface area contributed by atoms with Crippen molar-refractivity contribution in [1.82, 2.24) is 31.9 Å². The number of amides is 7. The van der Waals surface area contributed by atoms with Gasteiger partial charge in [-0.3, -0.25) is 38.6 Å². The third kappa shape index (κ3) is 22.2. The van der Waals surface area contributed by atoms with Crippen molar-refractivity contribution in [1.29, 1.82) is 0 Å². The first-order chi connectivity index (χ1) is 32.1. The molecule has 1 heterocycles. The van der Waals surface area contributed by atoms with Gasteiger partial charge in [-0.2, -0.15) is 0 Å². The monoisotopic (exact) mass is 961 g/mol. The van der Waals surface area contributed by atoms with E-state index >= 15 is 0 Å². The van der Waals surface area contributed by atoms with E-state index in [1.165, 1.54) is 45.0 Å². The van der Waals surface area contributed by atoms with Gasteiger partial charge in [-0.15, -0.1) is 0 Å². The summed E-state index contributed by atoms with van der Waals surface area (Å²) in [5.41, 5.74) is 16.5. The first kappa shape index (κ1) is 58.1. The van der Waals surface area contributed by atoms with Crippen LogP contribution in [-0.4, -0.2) is 130 Å². The molecule has 0 bridgehead atoms. The lowest BCUT2D eigenvalue weighted by Gasteiger charge is -2.30. The molecule has 1 aromatic carbocycles. The number of guanidine groups is 1. The quantitative estimate of drug-likeness (QED) is 0.0283. The van der Waals surface area contributed by atoms with E-state index in [9.17, 15) is 53.7 Å². The number of aliphatic imine (C=N–C) groups is 1. The molecule has 0 aliphatic carbocycles. The van der Waals surface area contributed by atoms with Crippen LogP contribution in [0.4, 0.5) is 0 Å². The molecule has 22 heteroatoms. The topological polar surface area (TPSA) is 369 Å². The smallest absolute Gasteiger partial charge is 0.328 e. The average molecular weight is 961 g/mol. The molecule has 2 rings (SSSR count). The number of aliphatic hydroxyl groups excluding tert-OH is 2. The lowest BCUT2D eigenvalue weighted by Crippen LogP contribution is -2.62. The summed E-state index contributed by atoms with van der Waals surface area (Å²) in [4.78, 5) is 112. The first-order valence-corrected chi connectivity index (χ1v) is 23.6. The number of nitrogens with zero attached hydrogens (tertiary/aromatic N) is 1. The predicted molar refractivity (Wildman–Crippen MR) is 252 cm³/mol. The molecule has 382 valence electrons. The highest BCUT2D eigenvalue weighted by Crippen LogP contribution is 2.16. The molecule has 0 spiro atoms. The van der Waals surface area contributed by atoms with E-state index in [-0.39, 0.29) is 24.6 Å². The van der Waals surface area contributed by atoms with Crippen molar-refractivity contribution < 1.29 is 58.4 Å². The Morgan fingerprint density at radius 1 is 0.706 bits per heavy atom. The maximum atomic E-state index is 14.1. The largest absolute Gasteiger partial charge is 0.508 e. The second kappa shape index (κ2) is 30.4. The number of phenolic OH excluding ortho intramolecular Hbond substituents is 1. The summed E-state index contributed by atoms with van der Waals surface area (Å²) in [6, 6.07) is -3.45. The van der Waals surface area contributed by atoms with Gasteiger partial charge in [0.25, 0.3) is 0 Å². The van der Waals surface area contributed by atoms with Crippen LogP contribution in [0.1, 0.15) is 130 Å². The van der Waals surface area contributed by atoms with Crippen molar-refractivity contribution in [2.75, 3.05) is 6.54 Å². The molecule has 1 aliphatic heterocycles. The second-order valence-corrected chi connectivity index (χ2v) is 17.9. The molecule has 5 unspecified atom stereocenters. The van der Waals surface area contributed by atoms with Crippen LogP contribution in [0.2, 0.25) is 0 Å². The molecule has 7 amide bonds. The van der Waals surface area contributed by atoms with E-state index in [0.717, 1.165) is 57.8 Å². The summed E-state index contributed by atoms with van der Waals surface area (Å²) >= 11 is 0. The van der Waals surface area contributed by atoms with Gasteiger partial charge >= 0.3 is 5.97 Å². The summed E-state index contributed by atoms with van der Waals surface area (Å²) in [5.74, 6) is -8.06. The number of nitrogens with one attached hydrogen (secondary N) is 6. The lowest BCUT2D eigenvalue weighted by molar-refractivity contribution is -0.155. The minimum Gasteiger partial charge on any atom is -0.508 e. The van der Waals surface area contributed by atoms with Crippen molar-refractivity contribution >= 4 is 53.3 Å². The van der Waals surface area contributed by atoms with E-state index in [1.807, 2.05) is 0 Å². The zero-order valence-corrected chi connectivity index (χ0v) is 40.1. The van der Waals surface area contributed by atoms with Crippen LogP contribution in [0.3, 0.4) is 0 Å². The summed E-state index contributed by atoms with van der Waals surface area (Å²) in [6.07, 6.45) is 4.87. The molecule has 1 aliphatic rings. The molecule has 68 heavy (non-hydrogen) atoms. The number of rotatable bonds is 23. The molecule has 1 aromatic rings. The number of hydrogen-bond acceptors (Lipinski definition) is 13. The molecule has 1 fully saturated rings. The summed E-state index contributed by atoms with van der Waals surface area (Å²) in [6.45, 7) is 7.60. The Morgan fingerprint density at radius 3 is 1.79 bits per heavy atom. The summed E-state index contributed by atoms with van der Waals surface area (Å²) in [5, 5.41) is 46.2. The van der Waals surface area contributed by atoms with E-state index in [4.69, 9.17) is 21.9 Å². The van der Waals surface area contributed by atoms with Crippen molar-refractivity contribution in [2.24, 2.45) is 28.1 Å². The Labute approximate surface area is 398 Å². The van der Waals surface area contributed by atoms with Crippen LogP contribution in [-0.2, 0) is 49.5 Å². The van der Waals surface area contributed by atoms with Gasteiger partial charge < -0.3 is 69.2 Å². The molecular weight excluding hydrogens is 885 g/mol. The van der Waals surface area contributed by atoms with Gasteiger partial charge in [-0.1, -0.05) is 83.8 Å². The normalized spacial score (nSPS) is 23.2. The van der Waals surface area contributed by atoms with Crippen LogP contribution in [0.25, 0.3) is 0 Å². The number of carbonyl (C=O) groups is 8. The van der Waals surface area contributed by atoms with Crippen molar-refractivity contribution in [3.05, 3.63) is 29.8 Å². The highest BCUT2D eigenvalue weighted by atomic mass is 16.5. The van der Waals surface area contributed by atoms with Crippen molar-refractivity contribution in [3.8, 4) is 5.75 Å². The number of hydrogen-bond donors (Lipinski definition) is 12. The van der Waals surface area contributed by atoms with Crippen LogP contribution < -0.4 is 49.1 Å².